The summed E-state index contributed by atoms with van der Waals surface area (Å²) >= 11 is 8.73. The number of rotatable bonds is 10. The minimum absolute atomic E-state index is 0.331. The average Bonchev–Trinajstić information content (AvgIpc) is 2.80. The van der Waals surface area contributed by atoms with Crippen molar-refractivity contribution in [1.29, 1.82) is 0 Å². The van der Waals surface area contributed by atoms with Crippen LogP contribution in [0.25, 0.3) is 0 Å². The largest absolute Gasteiger partial charge is 0.494 e. The van der Waals surface area contributed by atoms with Crippen molar-refractivity contribution in [2.45, 2.75) is 20.5 Å². The van der Waals surface area contributed by atoms with Crippen LogP contribution in [0.3, 0.4) is 0 Å². The molecule has 1 N–H and O–H groups in total. The highest BCUT2D eigenvalue weighted by molar-refractivity contribution is 14.1. The smallest absolute Gasteiger partial charge is 0.271 e. The Hall–Kier alpha value is -2.78. The highest BCUT2D eigenvalue weighted by atomic mass is 127. The molecule has 0 atom stereocenters. The molecule has 3 aromatic rings. The molecule has 0 aliphatic rings. The summed E-state index contributed by atoms with van der Waals surface area (Å²) in [5.41, 5.74) is 4.67. The molecule has 8 heteroatoms. The molecular formula is C25H24ClIN2O4. The van der Waals surface area contributed by atoms with E-state index in [1.807, 2.05) is 38.1 Å². The van der Waals surface area contributed by atoms with Crippen LogP contribution >= 0.6 is 34.2 Å². The summed E-state index contributed by atoms with van der Waals surface area (Å²) in [6, 6.07) is 18.4. The number of hydrazone groups is 1. The van der Waals surface area contributed by atoms with Gasteiger partial charge in [0.25, 0.3) is 5.91 Å². The second-order valence-electron chi connectivity index (χ2n) is 6.83. The summed E-state index contributed by atoms with van der Waals surface area (Å²) in [7, 11) is 0. The zero-order chi connectivity index (χ0) is 23.6. The van der Waals surface area contributed by atoms with Crippen molar-refractivity contribution in [3.63, 3.8) is 0 Å². The molecule has 0 aliphatic carbocycles. The summed E-state index contributed by atoms with van der Waals surface area (Å²) in [5.74, 6) is 1.35. The maximum atomic E-state index is 12.3. The van der Waals surface area contributed by atoms with Crippen LogP contribution in [0.4, 0.5) is 0 Å². The van der Waals surface area contributed by atoms with Gasteiger partial charge >= 0.3 is 0 Å². The third kappa shape index (κ3) is 7.36. The van der Waals surface area contributed by atoms with Gasteiger partial charge in [-0.3, -0.25) is 4.79 Å². The molecular weight excluding hydrogens is 555 g/mol. The average molecular weight is 579 g/mol. The zero-order valence-electron chi connectivity index (χ0n) is 18.3. The third-order valence-electron chi connectivity index (χ3n) is 4.44. The van der Waals surface area contributed by atoms with Gasteiger partial charge < -0.3 is 14.2 Å². The van der Waals surface area contributed by atoms with Crippen LogP contribution in [0, 0.1) is 3.57 Å². The summed E-state index contributed by atoms with van der Waals surface area (Å²) in [5, 5.41) is 4.43. The first-order valence-electron chi connectivity index (χ1n) is 10.4. The Morgan fingerprint density at radius 3 is 2.36 bits per heavy atom. The van der Waals surface area contributed by atoms with Crippen LogP contribution in [0.2, 0.25) is 5.02 Å². The van der Waals surface area contributed by atoms with Crippen LogP contribution in [0.15, 0.2) is 65.8 Å². The quantitative estimate of drug-likeness (QED) is 0.180. The Balaban J connectivity index is 1.67. The van der Waals surface area contributed by atoms with Crippen LogP contribution in [0.1, 0.15) is 35.3 Å². The molecule has 0 saturated carbocycles. The predicted octanol–water partition coefficient (Wildman–Crippen LogP) is 6.08. The highest BCUT2D eigenvalue weighted by Crippen LogP contribution is 2.37. The fourth-order valence-electron chi connectivity index (χ4n) is 2.90. The van der Waals surface area contributed by atoms with Gasteiger partial charge in [-0.2, -0.15) is 5.10 Å². The van der Waals surface area contributed by atoms with Crippen molar-refractivity contribution in [2.24, 2.45) is 5.10 Å². The normalized spacial score (nSPS) is 10.8. The van der Waals surface area contributed by atoms with Crippen molar-refractivity contribution in [1.82, 2.24) is 5.43 Å². The monoisotopic (exact) mass is 578 g/mol. The zero-order valence-corrected chi connectivity index (χ0v) is 21.2. The summed E-state index contributed by atoms with van der Waals surface area (Å²) < 4.78 is 18.2. The summed E-state index contributed by atoms with van der Waals surface area (Å²) in [4.78, 5) is 12.3. The molecule has 0 unspecified atom stereocenters. The highest BCUT2D eigenvalue weighted by Gasteiger charge is 2.13. The van der Waals surface area contributed by atoms with Crippen LogP contribution in [-0.4, -0.2) is 25.3 Å². The SMILES string of the molecule is CCOc1ccc(C(=O)N/N=C\c2cc(Cl)c(OCc3ccc(I)cc3)c(OCC)c2)cc1. The number of nitrogens with zero attached hydrogens (tertiary/aromatic N) is 1. The molecule has 172 valence electrons. The molecule has 0 fully saturated rings. The predicted molar refractivity (Wildman–Crippen MR) is 139 cm³/mol. The lowest BCUT2D eigenvalue weighted by Crippen LogP contribution is -2.17. The van der Waals surface area contributed by atoms with E-state index >= 15 is 0 Å². The van der Waals surface area contributed by atoms with Gasteiger partial charge in [0, 0.05) is 9.13 Å². The Morgan fingerprint density at radius 1 is 1.00 bits per heavy atom. The van der Waals surface area contributed by atoms with Gasteiger partial charge in [-0.25, -0.2) is 5.43 Å². The molecule has 0 heterocycles. The lowest BCUT2D eigenvalue weighted by Gasteiger charge is -2.14. The molecule has 0 spiro atoms. The summed E-state index contributed by atoms with van der Waals surface area (Å²) in [6.45, 7) is 5.17. The number of ether oxygens (including phenoxy) is 3. The Kier molecular flexibility index (Phi) is 9.38. The first kappa shape index (κ1) is 24.9. The first-order valence-corrected chi connectivity index (χ1v) is 11.9. The summed E-state index contributed by atoms with van der Waals surface area (Å²) in [6.07, 6.45) is 1.50. The number of amides is 1. The van der Waals surface area contributed by atoms with Gasteiger partial charge in [0.2, 0.25) is 0 Å². The van der Waals surface area contributed by atoms with E-state index in [1.165, 1.54) is 6.21 Å². The minimum atomic E-state index is -0.331. The maximum Gasteiger partial charge on any atom is 0.271 e. The molecule has 1 amide bonds. The van der Waals surface area contributed by atoms with Gasteiger partial charge in [-0.15, -0.1) is 0 Å². The molecule has 0 radical (unpaired) electrons. The number of halogens is 2. The standard InChI is InChI=1S/C25H24ClIN2O4/c1-3-31-21-11-7-19(8-12-21)25(30)29-28-15-18-13-22(26)24(23(14-18)32-4-2)33-16-17-5-9-20(27)10-6-17/h5-15H,3-4,16H2,1-2H3,(H,29,30)/b28-15-. The number of hydrogen-bond acceptors (Lipinski definition) is 5. The minimum Gasteiger partial charge on any atom is -0.494 e. The second kappa shape index (κ2) is 12.5. The Bertz CT molecular complexity index is 1100. The van der Waals surface area contributed by atoms with Crippen molar-refractivity contribution >= 4 is 46.3 Å². The van der Waals surface area contributed by atoms with Crippen molar-refractivity contribution in [2.75, 3.05) is 13.2 Å². The molecule has 0 bridgehead atoms. The second-order valence-corrected chi connectivity index (χ2v) is 8.49. The fourth-order valence-corrected chi connectivity index (χ4v) is 3.53. The molecule has 0 aromatic heterocycles. The van der Waals surface area contributed by atoms with Crippen LogP contribution in [-0.2, 0) is 6.61 Å². The first-order chi connectivity index (χ1) is 16.0. The third-order valence-corrected chi connectivity index (χ3v) is 5.44. The number of carbonyl (C=O) groups is 1. The van der Waals surface area contributed by atoms with E-state index in [2.05, 4.69) is 33.1 Å². The van der Waals surface area contributed by atoms with Gasteiger partial charge in [0.15, 0.2) is 11.5 Å². The van der Waals surface area contributed by atoms with E-state index in [0.717, 1.165) is 9.13 Å². The van der Waals surface area contributed by atoms with Gasteiger partial charge in [0.1, 0.15) is 12.4 Å². The Morgan fingerprint density at radius 2 is 1.70 bits per heavy atom. The lowest BCUT2D eigenvalue weighted by molar-refractivity contribution is 0.0955. The fraction of sp³-hybridized carbons (Fsp3) is 0.200. The van der Waals surface area contributed by atoms with Crippen molar-refractivity contribution in [3.05, 3.63) is 85.9 Å². The van der Waals surface area contributed by atoms with Gasteiger partial charge in [-0.05, 0) is 96.1 Å². The van der Waals surface area contributed by atoms with Crippen LogP contribution < -0.4 is 19.6 Å². The molecule has 33 heavy (non-hydrogen) atoms. The van der Waals surface area contributed by atoms with Crippen molar-refractivity contribution in [3.8, 4) is 17.2 Å². The molecule has 3 aromatic carbocycles. The number of hydrogen-bond donors (Lipinski definition) is 1. The van der Waals surface area contributed by atoms with E-state index in [1.54, 1.807) is 36.4 Å². The van der Waals surface area contributed by atoms with Gasteiger partial charge in [-0.1, -0.05) is 23.7 Å². The number of nitrogens with one attached hydrogen (secondary N) is 1. The number of carbonyl (C=O) groups excluding carboxylic acids is 1. The van der Waals surface area contributed by atoms with Crippen molar-refractivity contribution < 1.29 is 19.0 Å². The molecule has 3 rings (SSSR count). The van der Waals surface area contributed by atoms with E-state index in [0.29, 0.717) is 53.2 Å². The topological polar surface area (TPSA) is 69.2 Å². The Labute approximate surface area is 212 Å². The van der Waals surface area contributed by atoms with E-state index in [9.17, 15) is 4.79 Å². The van der Waals surface area contributed by atoms with E-state index < -0.39 is 0 Å². The maximum absolute atomic E-state index is 12.3. The van der Waals surface area contributed by atoms with E-state index in [4.69, 9.17) is 25.8 Å². The van der Waals surface area contributed by atoms with E-state index in [-0.39, 0.29) is 5.91 Å². The number of benzene rings is 3. The molecule has 0 aliphatic heterocycles. The van der Waals surface area contributed by atoms with Crippen LogP contribution in [0.5, 0.6) is 17.2 Å². The molecule has 0 saturated heterocycles. The van der Waals surface area contributed by atoms with Gasteiger partial charge in [0.05, 0.1) is 24.5 Å². The molecule has 6 nitrogen and oxygen atoms in total. The lowest BCUT2D eigenvalue weighted by atomic mass is 10.2.